The fourth-order valence-electron chi connectivity index (χ4n) is 3.45. The van der Waals surface area contributed by atoms with E-state index in [1.54, 1.807) is 6.92 Å². The van der Waals surface area contributed by atoms with Crippen molar-refractivity contribution >= 4 is 38.3 Å². The van der Waals surface area contributed by atoms with Crippen LogP contribution in [0.25, 0.3) is 11.0 Å². The summed E-state index contributed by atoms with van der Waals surface area (Å²) in [6.45, 7) is 1.78. The molecule has 0 aliphatic rings. The van der Waals surface area contributed by atoms with E-state index in [4.69, 9.17) is 9.15 Å². The summed E-state index contributed by atoms with van der Waals surface area (Å²) in [5.41, 5.74) is 0.586. The molecule has 1 unspecified atom stereocenters. The van der Waals surface area contributed by atoms with Crippen molar-refractivity contribution in [3.63, 3.8) is 0 Å². The average Bonchev–Trinajstić information content (AvgIpc) is 3.28. The minimum Gasteiger partial charge on any atom is -0.495 e. The van der Waals surface area contributed by atoms with Gasteiger partial charge in [0.1, 0.15) is 17.1 Å². The van der Waals surface area contributed by atoms with Crippen LogP contribution in [0.2, 0.25) is 0 Å². The molecule has 1 heterocycles. The molecule has 0 saturated carbocycles. The number of hydrogen-bond donors (Lipinski definition) is 2. The molecule has 3 aromatic carbocycles. The number of hydrogen-bond acceptors (Lipinski definition) is 7. The van der Waals surface area contributed by atoms with E-state index < -0.39 is 26.9 Å². The van der Waals surface area contributed by atoms with Crippen LogP contribution in [0.15, 0.2) is 82.1 Å². The third-order valence-corrected chi connectivity index (χ3v) is 6.67. The zero-order valence-electron chi connectivity index (χ0n) is 18.7. The minimum absolute atomic E-state index is 0.0804. The Morgan fingerprint density at radius 3 is 2.43 bits per heavy atom. The van der Waals surface area contributed by atoms with Gasteiger partial charge < -0.3 is 14.5 Å². The number of rotatable bonds is 8. The molecule has 10 nitrogen and oxygen atoms in total. The first-order chi connectivity index (χ1) is 16.7. The Labute approximate surface area is 200 Å². The first kappa shape index (κ1) is 23.8. The summed E-state index contributed by atoms with van der Waals surface area (Å²) in [5.74, 6) is 0.304. The zero-order chi connectivity index (χ0) is 25.2. The third kappa shape index (κ3) is 5.09. The van der Waals surface area contributed by atoms with Gasteiger partial charge in [-0.1, -0.05) is 18.2 Å². The Hall–Kier alpha value is -4.38. The summed E-state index contributed by atoms with van der Waals surface area (Å²) in [5, 5.41) is 14.8. The smallest absolute Gasteiger partial charge is 0.271 e. The summed E-state index contributed by atoms with van der Waals surface area (Å²) in [6.07, 6.45) is 0. The Morgan fingerprint density at radius 1 is 1.06 bits per heavy atom. The van der Waals surface area contributed by atoms with Crippen LogP contribution in [-0.2, 0) is 10.0 Å². The van der Waals surface area contributed by atoms with E-state index in [-0.39, 0.29) is 27.6 Å². The number of benzene rings is 3. The highest BCUT2D eigenvalue weighted by molar-refractivity contribution is 7.92. The maximum atomic E-state index is 12.8. The van der Waals surface area contributed by atoms with Crippen LogP contribution in [0, 0.1) is 10.1 Å². The van der Waals surface area contributed by atoms with Crippen LogP contribution in [-0.4, -0.2) is 26.4 Å². The van der Waals surface area contributed by atoms with Gasteiger partial charge in [-0.2, -0.15) is 0 Å². The topological polar surface area (TPSA) is 141 Å². The number of para-hydroxylation sites is 1. The van der Waals surface area contributed by atoms with Gasteiger partial charge >= 0.3 is 0 Å². The summed E-state index contributed by atoms with van der Waals surface area (Å²) < 4.78 is 38.8. The van der Waals surface area contributed by atoms with Crippen LogP contribution in [0.1, 0.15) is 29.1 Å². The number of nitrogens with zero attached hydrogens (tertiary/aromatic N) is 1. The number of methoxy groups -OCH3 is 1. The molecule has 4 rings (SSSR count). The molecule has 1 aromatic heterocycles. The van der Waals surface area contributed by atoms with Gasteiger partial charge in [0.15, 0.2) is 0 Å². The van der Waals surface area contributed by atoms with Gasteiger partial charge in [-0.05, 0) is 49.4 Å². The lowest BCUT2D eigenvalue weighted by molar-refractivity contribution is -0.384. The molecule has 4 aromatic rings. The monoisotopic (exact) mass is 495 g/mol. The molecule has 1 atom stereocenters. The lowest BCUT2D eigenvalue weighted by Gasteiger charge is -2.13. The van der Waals surface area contributed by atoms with E-state index in [1.807, 2.05) is 30.3 Å². The van der Waals surface area contributed by atoms with Crippen molar-refractivity contribution in [3.05, 3.63) is 94.2 Å². The Balaban J connectivity index is 1.49. The molecule has 1 amide bonds. The first-order valence-corrected chi connectivity index (χ1v) is 11.9. The Morgan fingerprint density at radius 2 is 1.77 bits per heavy atom. The number of non-ortho nitro benzene ring substituents is 1. The SMILES string of the molecule is COc1ccc([N+](=O)[O-])cc1NS(=O)(=O)c1ccc(C(=O)NC(C)c2cc3ccccc3o2)cc1. The van der Waals surface area contributed by atoms with Gasteiger partial charge in [-0.15, -0.1) is 0 Å². The number of furan rings is 1. The predicted octanol–water partition coefficient (Wildman–Crippen LogP) is 4.64. The van der Waals surface area contributed by atoms with Gasteiger partial charge in [0.05, 0.1) is 28.7 Å². The molecule has 180 valence electrons. The molecule has 35 heavy (non-hydrogen) atoms. The van der Waals surface area contributed by atoms with Crippen molar-refractivity contribution in [2.45, 2.75) is 17.9 Å². The fraction of sp³-hybridized carbons (Fsp3) is 0.125. The average molecular weight is 496 g/mol. The number of nitro groups is 1. The molecule has 11 heteroatoms. The highest BCUT2D eigenvalue weighted by atomic mass is 32.2. The number of carbonyl (C=O) groups is 1. The zero-order valence-corrected chi connectivity index (χ0v) is 19.5. The largest absolute Gasteiger partial charge is 0.495 e. The summed E-state index contributed by atoms with van der Waals surface area (Å²) in [6, 6.07) is 17.8. The van der Waals surface area contributed by atoms with E-state index in [9.17, 15) is 23.3 Å². The molecule has 0 bridgehead atoms. The molecule has 0 spiro atoms. The van der Waals surface area contributed by atoms with E-state index in [0.717, 1.165) is 11.5 Å². The molecular weight excluding hydrogens is 474 g/mol. The van der Waals surface area contributed by atoms with E-state index in [1.165, 1.54) is 43.5 Å². The minimum atomic E-state index is -4.11. The van der Waals surface area contributed by atoms with Gasteiger partial charge in [0.25, 0.3) is 21.6 Å². The highest BCUT2D eigenvalue weighted by Crippen LogP contribution is 2.31. The van der Waals surface area contributed by atoms with Crippen LogP contribution in [0.4, 0.5) is 11.4 Å². The maximum absolute atomic E-state index is 12.8. The third-order valence-electron chi connectivity index (χ3n) is 5.28. The number of ether oxygens (including phenoxy) is 1. The lowest BCUT2D eigenvalue weighted by Crippen LogP contribution is -2.26. The Bertz CT molecular complexity index is 1480. The predicted molar refractivity (Wildman–Crippen MR) is 129 cm³/mol. The molecule has 0 radical (unpaired) electrons. The van der Waals surface area contributed by atoms with Gasteiger partial charge in [0, 0.05) is 23.1 Å². The molecule has 2 N–H and O–H groups in total. The molecule has 0 aliphatic carbocycles. The number of fused-ring (bicyclic) bond motifs is 1. The van der Waals surface area contributed by atoms with Crippen LogP contribution >= 0.6 is 0 Å². The standard InChI is InChI=1S/C24H21N3O7S/c1-15(23-13-17-5-3-4-6-21(17)34-23)25-24(28)16-7-10-19(11-8-16)35(31,32)26-20-14-18(27(29)30)9-12-22(20)33-2/h3-15,26H,1-2H3,(H,25,28). The van der Waals surface area contributed by atoms with Crippen LogP contribution < -0.4 is 14.8 Å². The van der Waals surface area contributed by atoms with Crippen molar-refractivity contribution in [2.24, 2.45) is 0 Å². The summed E-state index contributed by atoms with van der Waals surface area (Å²) in [7, 11) is -2.79. The second-order valence-electron chi connectivity index (χ2n) is 7.65. The number of carbonyl (C=O) groups excluding carboxylic acids is 1. The molecular formula is C24H21N3O7S. The van der Waals surface area contributed by atoms with Crippen LogP contribution in [0.5, 0.6) is 5.75 Å². The van der Waals surface area contributed by atoms with Crippen molar-refractivity contribution in [1.82, 2.24) is 5.32 Å². The van der Waals surface area contributed by atoms with E-state index in [2.05, 4.69) is 10.0 Å². The van der Waals surface area contributed by atoms with Gasteiger partial charge in [0.2, 0.25) is 0 Å². The molecule has 0 saturated heterocycles. The number of anilines is 1. The quantitative estimate of drug-likeness (QED) is 0.268. The number of nitrogens with one attached hydrogen (secondary N) is 2. The van der Waals surface area contributed by atoms with E-state index in [0.29, 0.717) is 11.3 Å². The maximum Gasteiger partial charge on any atom is 0.271 e. The van der Waals surface area contributed by atoms with Gasteiger partial charge in [-0.25, -0.2) is 8.42 Å². The van der Waals surface area contributed by atoms with Crippen molar-refractivity contribution < 1.29 is 27.3 Å². The van der Waals surface area contributed by atoms with Crippen LogP contribution in [0.3, 0.4) is 0 Å². The second-order valence-corrected chi connectivity index (χ2v) is 9.34. The first-order valence-electron chi connectivity index (χ1n) is 10.4. The van der Waals surface area contributed by atoms with Crippen molar-refractivity contribution in [3.8, 4) is 5.75 Å². The summed E-state index contributed by atoms with van der Waals surface area (Å²) in [4.78, 5) is 23.0. The lowest BCUT2D eigenvalue weighted by atomic mass is 10.1. The number of nitro benzene ring substituents is 1. The summed E-state index contributed by atoms with van der Waals surface area (Å²) >= 11 is 0. The second kappa shape index (κ2) is 9.47. The van der Waals surface area contributed by atoms with E-state index >= 15 is 0 Å². The van der Waals surface area contributed by atoms with Gasteiger partial charge in [-0.3, -0.25) is 19.6 Å². The highest BCUT2D eigenvalue weighted by Gasteiger charge is 2.21. The van der Waals surface area contributed by atoms with Crippen molar-refractivity contribution in [1.29, 1.82) is 0 Å². The Kier molecular flexibility index (Phi) is 6.43. The van der Waals surface area contributed by atoms with Crippen molar-refractivity contribution in [2.75, 3.05) is 11.8 Å². The number of sulfonamides is 1. The molecule has 0 aliphatic heterocycles. The normalized spacial score (nSPS) is 12.2. The fourth-order valence-corrected chi connectivity index (χ4v) is 4.51. The number of amides is 1. The molecule has 0 fully saturated rings.